The Bertz CT molecular complexity index is 753. The highest BCUT2D eigenvalue weighted by Gasteiger charge is 2.17. The highest BCUT2D eigenvalue weighted by Crippen LogP contribution is 2.14. The number of aliphatic hydroxyl groups is 1. The molecule has 0 aliphatic carbocycles. The Kier molecular flexibility index (Phi) is 5.08. The first kappa shape index (κ1) is 16.1. The first-order valence-electron chi connectivity index (χ1n) is 6.55. The van der Waals surface area contributed by atoms with Gasteiger partial charge < -0.3 is 22.1 Å². The van der Waals surface area contributed by atoms with Gasteiger partial charge in [-0.3, -0.25) is 4.40 Å². The fourth-order valence-corrected chi connectivity index (χ4v) is 3.32. The molecule has 112 valence electrons. The van der Waals surface area contributed by atoms with Gasteiger partial charge in [0.2, 0.25) is 5.51 Å². The Morgan fingerprint density at radius 2 is 2.14 bits per heavy atom. The van der Waals surface area contributed by atoms with E-state index in [1.54, 1.807) is 17.5 Å². The fourth-order valence-electron chi connectivity index (χ4n) is 2.34. The molecule has 21 heavy (non-hydrogen) atoms. The summed E-state index contributed by atoms with van der Waals surface area (Å²) in [5, 5.41) is 9.06. The monoisotopic (exact) mass is 368 g/mol. The molecule has 3 heterocycles. The van der Waals surface area contributed by atoms with Crippen LogP contribution in [0, 0.1) is 13.8 Å². The second kappa shape index (κ2) is 6.64. The highest BCUT2D eigenvalue weighted by molar-refractivity contribution is 7.09. The van der Waals surface area contributed by atoms with Gasteiger partial charge in [0.1, 0.15) is 11.5 Å². The molecule has 7 heteroatoms. The molecule has 0 fully saturated rings. The summed E-state index contributed by atoms with van der Waals surface area (Å²) in [6.45, 7) is 5.01. The highest BCUT2D eigenvalue weighted by atomic mass is 79.9. The molecule has 0 amide bonds. The number of aromatic nitrogens is 4. The van der Waals surface area contributed by atoms with Crippen molar-refractivity contribution in [2.45, 2.75) is 26.8 Å². The summed E-state index contributed by atoms with van der Waals surface area (Å²) < 4.78 is 4.20. The first-order chi connectivity index (χ1) is 9.70. The van der Waals surface area contributed by atoms with Crippen LogP contribution < -0.4 is 21.5 Å². The van der Waals surface area contributed by atoms with E-state index < -0.39 is 0 Å². The summed E-state index contributed by atoms with van der Waals surface area (Å²) in [5.41, 5.74) is 5.36. The quantitative estimate of drug-likeness (QED) is 0.557. The lowest BCUT2D eigenvalue weighted by atomic mass is 10.2. The summed E-state index contributed by atoms with van der Waals surface area (Å²) >= 11 is 1.69. The summed E-state index contributed by atoms with van der Waals surface area (Å²) in [6, 6.07) is 0. The van der Waals surface area contributed by atoms with Crippen molar-refractivity contribution >= 4 is 17.0 Å². The predicted molar refractivity (Wildman–Crippen MR) is 76.9 cm³/mol. The van der Waals surface area contributed by atoms with Crippen LogP contribution in [0.1, 0.15) is 22.0 Å². The van der Waals surface area contributed by atoms with Gasteiger partial charge in [0.05, 0.1) is 10.4 Å². The van der Waals surface area contributed by atoms with Crippen molar-refractivity contribution in [3.05, 3.63) is 46.1 Å². The molecule has 0 saturated carbocycles. The molecule has 3 aromatic rings. The van der Waals surface area contributed by atoms with Crippen molar-refractivity contribution in [3.63, 3.8) is 0 Å². The van der Waals surface area contributed by atoms with Crippen LogP contribution in [0.5, 0.6) is 0 Å². The third-order valence-corrected chi connectivity index (χ3v) is 4.66. The normalized spacial score (nSPS) is 10.8. The van der Waals surface area contributed by atoms with E-state index in [9.17, 15) is 0 Å². The summed E-state index contributed by atoms with van der Waals surface area (Å²) in [4.78, 5) is 10.1. The molecule has 1 N–H and O–H groups in total. The van der Waals surface area contributed by atoms with E-state index in [4.69, 9.17) is 5.11 Å². The van der Waals surface area contributed by atoms with Crippen molar-refractivity contribution in [2.24, 2.45) is 0 Å². The van der Waals surface area contributed by atoms with Gasteiger partial charge in [-0.15, -0.1) is 0 Å². The van der Waals surface area contributed by atoms with Crippen molar-refractivity contribution in [1.29, 1.82) is 0 Å². The van der Waals surface area contributed by atoms with E-state index in [1.807, 2.05) is 23.7 Å². The maximum atomic E-state index is 9.06. The molecule has 0 atom stereocenters. The van der Waals surface area contributed by atoms with E-state index in [-0.39, 0.29) is 23.6 Å². The molecule has 0 unspecified atom stereocenters. The van der Waals surface area contributed by atoms with E-state index in [0.29, 0.717) is 6.42 Å². The van der Waals surface area contributed by atoms with Gasteiger partial charge in [0.15, 0.2) is 12.2 Å². The van der Waals surface area contributed by atoms with Crippen LogP contribution in [0.25, 0.3) is 5.65 Å². The Morgan fingerprint density at radius 1 is 1.33 bits per heavy atom. The minimum absolute atomic E-state index is 0. The predicted octanol–water partition coefficient (Wildman–Crippen LogP) is -1.72. The van der Waals surface area contributed by atoms with Crippen LogP contribution in [-0.2, 0) is 13.0 Å². The van der Waals surface area contributed by atoms with E-state index in [2.05, 4.69) is 27.0 Å². The molecule has 0 saturated heterocycles. The van der Waals surface area contributed by atoms with Gasteiger partial charge >= 0.3 is 0 Å². The van der Waals surface area contributed by atoms with Gasteiger partial charge in [0, 0.05) is 38.5 Å². The van der Waals surface area contributed by atoms with Crippen molar-refractivity contribution in [3.8, 4) is 0 Å². The number of hydrogen-bond acceptors (Lipinski definition) is 4. The van der Waals surface area contributed by atoms with Crippen LogP contribution in [0.4, 0.5) is 0 Å². The van der Waals surface area contributed by atoms with Gasteiger partial charge in [-0.05, 0) is 6.92 Å². The number of halogens is 1. The molecule has 0 aliphatic heterocycles. The maximum Gasteiger partial charge on any atom is 0.225 e. The minimum atomic E-state index is 0. The van der Waals surface area contributed by atoms with Crippen LogP contribution >= 0.6 is 11.3 Å². The average molecular weight is 369 g/mol. The molecule has 0 aliphatic rings. The van der Waals surface area contributed by atoms with Crippen LogP contribution in [0.2, 0.25) is 0 Å². The Morgan fingerprint density at radius 3 is 2.90 bits per heavy atom. The summed E-state index contributed by atoms with van der Waals surface area (Å²) in [7, 11) is 0. The van der Waals surface area contributed by atoms with Crippen LogP contribution in [0.15, 0.2) is 24.1 Å². The molecule has 0 radical (unpaired) electrons. The second-order valence-corrected chi connectivity index (χ2v) is 5.72. The molecule has 0 aromatic carbocycles. The number of imidazole rings is 1. The first-order valence-corrected chi connectivity index (χ1v) is 7.43. The lowest BCUT2D eigenvalue weighted by Crippen LogP contribution is -3.00. The zero-order valence-electron chi connectivity index (χ0n) is 12.0. The van der Waals surface area contributed by atoms with Crippen LogP contribution in [-0.4, -0.2) is 26.1 Å². The Hall–Kier alpha value is -1.31. The van der Waals surface area contributed by atoms with Crippen molar-refractivity contribution in [1.82, 2.24) is 14.4 Å². The Balaban J connectivity index is 0.00000161. The summed E-state index contributed by atoms with van der Waals surface area (Å²) in [5.74, 6) is 0.939. The van der Waals surface area contributed by atoms with Gasteiger partial charge in [-0.1, -0.05) is 11.3 Å². The maximum absolute atomic E-state index is 9.06. The Labute approximate surface area is 137 Å². The molecule has 5 nitrogen and oxygen atoms in total. The molecule has 3 aromatic heterocycles. The van der Waals surface area contributed by atoms with E-state index in [0.717, 1.165) is 23.6 Å². The third kappa shape index (κ3) is 3.00. The largest absolute Gasteiger partial charge is 1.00 e. The zero-order valence-corrected chi connectivity index (χ0v) is 14.4. The number of rotatable bonds is 4. The van der Waals surface area contributed by atoms with Gasteiger partial charge in [0.25, 0.3) is 0 Å². The molecule has 0 bridgehead atoms. The number of hydrogen-bond donors (Lipinski definition) is 1. The SMILES string of the molecule is Cc1ncc(C[n+]2csc(CCO)c2C)c2nccn12.[Br-]. The minimum Gasteiger partial charge on any atom is -1.00 e. The smallest absolute Gasteiger partial charge is 0.225 e. The second-order valence-electron chi connectivity index (χ2n) is 4.78. The third-order valence-electron chi connectivity index (χ3n) is 3.52. The number of fused-ring (bicyclic) bond motifs is 1. The molecular formula is C14H17BrN4OS. The molecular weight excluding hydrogens is 352 g/mol. The van der Waals surface area contributed by atoms with E-state index >= 15 is 0 Å². The van der Waals surface area contributed by atoms with Crippen molar-refractivity contribution in [2.75, 3.05) is 6.61 Å². The van der Waals surface area contributed by atoms with Gasteiger partial charge in [-0.2, -0.15) is 4.57 Å². The fraction of sp³-hybridized carbons (Fsp3) is 0.357. The molecule has 3 rings (SSSR count). The van der Waals surface area contributed by atoms with Crippen molar-refractivity contribution < 1.29 is 26.7 Å². The number of aliphatic hydroxyl groups excluding tert-OH is 1. The summed E-state index contributed by atoms with van der Waals surface area (Å²) in [6.07, 6.45) is 6.35. The number of aryl methyl sites for hydroxylation is 1. The van der Waals surface area contributed by atoms with E-state index in [1.165, 1.54) is 10.6 Å². The topological polar surface area (TPSA) is 54.3 Å². The lowest BCUT2D eigenvalue weighted by Gasteiger charge is -2.03. The number of thiazole rings is 1. The zero-order chi connectivity index (χ0) is 14.1. The molecule has 0 spiro atoms. The van der Waals surface area contributed by atoms with Crippen LogP contribution in [0.3, 0.4) is 0 Å². The lowest BCUT2D eigenvalue weighted by molar-refractivity contribution is -0.689. The average Bonchev–Trinajstić information content (AvgIpc) is 3.04. The van der Waals surface area contributed by atoms with Gasteiger partial charge in [-0.25, -0.2) is 9.97 Å². The number of nitrogens with zero attached hydrogens (tertiary/aromatic N) is 4. The standard InChI is InChI=1S/C14H17N4OS.BrH/c1-10-13(3-6-19)20-9-17(10)8-12-7-16-11(2)18-5-4-15-14(12)18;/h4-5,7,9,19H,3,6,8H2,1-2H3;1H/q+1;/p-1.